The van der Waals surface area contributed by atoms with Gasteiger partial charge in [-0.1, -0.05) is 109 Å². The van der Waals surface area contributed by atoms with Crippen LogP contribution in [0.1, 0.15) is 54.4 Å². The zero-order valence-corrected chi connectivity index (χ0v) is 24.7. The predicted octanol–water partition coefficient (Wildman–Crippen LogP) is 7.62. The van der Waals surface area contributed by atoms with Crippen molar-refractivity contribution in [2.24, 2.45) is 0 Å². The van der Waals surface area contributed by atoms with Crippen molar-refractivity contribution in [3.63, 3.8) is 0 Å². The Bertz CT molecular complexity index is 1230. The minimum absolute atomic E-state index is 0.0645. The van der Waals surface area contributed by atoms with Gasteiger partial charge in [0.2, 0.25) is 11.8 Å². The Morgan fingerprint density at radius 1 is 0.949 bits per heavy atom. The third-order valence-electron chi connectivity index (χ3n) is 7.19. The second kappa shape index (κ2) is 14.8. The maximum atomic E-state index is 13.8. The highest BCUT2D eigenvalue weighted by Gasteiger charge is 2.31. The quantitative estimate of drug-likeness (QED) is 0.253. The van der Waals surface area contributed by atoms with E-state index in [1.807, 2.05) is 67.6 Å². The topological polar surface area (TPSA) is 49.4 Å². The fourth-order valence-corrected chi connectivity index (χ4v) is 6.43. The van der Waals surface area contributed by atoms with Crippen molar-refractivity contribution >= 4 is 46.8 Å². The fourth-order valence-electron chi connectivity index (χ4n) is 4.96. The summed E-state index contributed by atoms with van der Waals surface area (Å²) in [6, 6.07) is 23.1. The van der Waals surface area contributed by atoms with Crippen LogP contribution in [-0.4, -0.2) is 34.6 Å². The van der Waals surface area contributed by atoms with E-state index in [-0.39, 0.29) is 23.6 Å². The summed E-state index contributed by atoms with van der Waals surface area (Å²) in [7, 11) is 0. The number of benzene rings is 3. The Morgan fingerprint density at radius 2 is 1.67 bits per heavy atom. The molecule has 0 saturated heterocycles. The van der Waals surface area contributed by atoms with E-state index in [4.69, 9.17) is 23.2 Å². The van der Waals surface area contributed by atoms with E-state index < -0.39 is 6.04 Å². The Labute approximate surface area is 246 Å². The molecule has 206 valence electrons. The minimum atomic E-state index is -0.608. The summed E-state index contributed by atoms with van der Waals surface area (Å²) in [4.78, 5) is 29.4. The molecule has 39 heavy (non-hydrogen) atoms. The molecular weight excluding hydrogens is 547 g/mol. The predicted molar refractivity (Wildman–Crippen MR) is 163 cm³/mol. The molecule has 1 atom stereocenters. The van der Waals surface area contributed by atoms with Gasteiger partial charge >= 0.3 is 0 Å². The van der Waals surface area contributed by atoms with Crippen molar-refractivity contribution in [2.75, 3.05) is 5.75 Å². The number of hydrogen-bond acceptors (Lipinski definition) is 3. The number of thioether (sulfide) groups is 1. The molecule has 2 amide bonds. The standard InChI is InChI=1S/C32H36Cl2N2O2S/c1-23-12-14-25(15-13-23)20-36(31(37)22-39-21-26-16-17-27(33)19-29(26)34)30(18-24-8-4-2-5-9-24)32(38)35-28-10-6-3-7-11-28/h2,4-5,8-9,12-17,19,28,30H,3,6-7,10-11,18,20-22H2,1H3,(H,35,38)/t30-/m0/s1. The molecule has 3 aromatic carbocycles. The maximum Gasteiger partial charge on any atom is 0.243 e. The lowest BCUT2D eigenvalue weighted by Crippen LogP contribution is -2.53. The molecular formula is C32H36Cl2N2O2S. The first-order valence-corrected chi connectivity index (χ1v) is 15.5. The first kappa shape index (κ1) is 29.5. The van der Waals surface area contributed by atoms with Gasteiger partial charge in [0.05, 0.1) is 5.75 Å². The highest BCUT2D eigenvalue weighted by molar-refractivity contribution is 7.99. The van der Waals surface area contributed by atoms with Crippen LogP contribution in [-0.2, 0) is 28.3 Å². The van der Waals surface area contributed by atoms with Crippen LogP contribution in [0.5, 0.6) is 0 Å². The molecule has 3 aromatic rings. The third-order valence-corrected chi connectivity index (χ3v) is 8.75. The zero-order chi connectivity index (χ0) is 27.6. The van der Waals surface area contributed by atoms with Gasteiger partial charge in [0, 0.05) is 34.8 Å². The maximum absolute atomic E-state index is 13.8. The number of rotatable bonds is 11. The van der Waals surface area contributed by atoms with Crippen LogP contribution < -0.4 is 5.32 Å². The molecule has 1 aliphatic rings. The number of hydrogen-bond donors (Lipinski definition) is 1. The van der Waals surface area contributed by atoms with E-state index in [1.54, 1.807) is 17.0 Å². The first-order valence-electron chi connectivity index (χ1n) is 13.6. The molecule has 0 aliphatic heterocycles. The lowest BCUT2D eigenvalue weighted by molar-refractivity contribution is -0.139. The third kappa shape index (κ3) is 9.02. The smallest absolute Gasteiger partial charge is 0.243 e. The second-order valence-electron chi connectivity index (χ2n) is 10.3. The van der Waals surface area contributed by atoms with Crippen LogP contribution in [0.3, 0.4) is 0 Å². The average Bonchev–Trinajstić information content (AvgIpc) is 2.94. The molecule has 7 heteroatoms. The number of halogens is 2. The number of nitrogens with one attached hydrogen (secondary N) is 1. The van der Waals surface area contributed by atoms with Gasteiger partial charge in [-0.05, 0) is 48.6 Å². The van der Waals surface area contributed by atoms with E-state index in [0.29, 0.717) is 28.8 Å². The Kier molecular flexibility index (Phi) is 11.2. The van der Waals surface area contributed by atoms with Gasteiger partial charge in [-0.25, -0.2) is 0 Å². The monoisotopic (exact) mass is 582 g/mol. The van der Waals surface area contributed by atoms with E-state index in [1.165, 1.54) is 18.2 Å². The van der Waals surface area contributed by atoms with Gasteiger partial charge in [-0.2, -0.15) is 0 Å². The van der Waals surface area contributed by atoms with Gasteiger partial charge in [-0.3, -0.25) is 9.59 Å². The second-order valence-corrected chi connectivity index (χ2v) is 12.1. The normalized spacial score (nSPS) is 14.5. The van der Waals surface area contributed by atoms with Crippen molar-refractivity contribution in [3.05, 3.63) is 105 Å². The summed E-state index contributed by atoms with van der Waals surface area (Å²) < 4.78 is 0. The fraction of sp³-hybridized carbons (Fsp3) is 0.375. The molecule has 1 saturated carbocycles. The van der Waals surface area contributed by atoms with Gasteiger partial charge in [0.1, 0.15) is 6.04 Å². The Morgan fingerprint density at radius 3 is 2.36 bits per heavy atom. The molecule has 0 heterocycles. The molecule has 0 unspecified atom stereocenters. The summed E-state index contributed by atoms with van der Waals surface area (Å²) in [5, 5.41) is 4.47. The largest absolute Gasteiger partial charge is 0.352 e. The molecule has 1 fully saturated rings. The van der Waals surface area contributed by atoms with Crippen molar-refractivity contribution in [2.45, 2.75) is 69.8 Å². The van der Waals surface area contributed by atoms with Gasteiger partial charge < -0.3 is 10.2 Å². The first-order chi connectivity index (χ1) is 18.9. The summed E-state index contributed by atoms with van der Waals surface area (Å²) in [5.74, 6) is 0.687. The van der Waals surface area contributed by atoms with Crippen LogP contribution in [0, 0.1) is 6.92 Å². The van der Waals surface area contributed by atoms with Crippen molar-refractivity contribution < 1.29 is 9.59 Å². The highest BCUT2D eigenvalue weighted by Crippen LogP contribution is 2.26. The zero-order valence-electron chi connectivity index (χ0n) is 22.4. The lowest BCUT2D eigenvalue weighted by Gasteiger charge is -2.33. The number of aryl methyl sites for hydroxylation is 1. The van der Waals surface area contributed by atoms with Crippen LogP contribution in [0.4, 0.5) is 0 Å². The van der Waals surface area contributed by atoms with Crippen LogP contribution in [0.2, 0.25) is 10.0 Å². The van der Waals surface area contributed by atoms with Crippen molar-refractivity contribution in [1.82, 2.24) is 10.2 Å². The highest BCUT2D eigenvalue weighted by atomic mass is 35.5. The van der Waals surface area contributed by atoms with E-state index in [2.05, 4.69) is 5.32 Å². The SMILES string of the molecule is Cc1ccc(CN(C(=O)CSCc2ccc(Cl)cc2Cl)[C@@H](Cc2ccccc2)C(=O)NC2CCCCC2)cc1. The number of carbonyl (C=O) groups excluding carboxylic acids is 2. The van der Waals surface area contributed by atoms with Gasteiger partial charge in [0.15, 0.2) is 0 Å². The van der Waals surface area contributed by atoms with Crippen LogP contribution in [0.15, 0.2) is 72.8 Å². The molecule has 0 radical (unpaired) electrons. The van der Waals surface area contributed by atoms with Crippen molar-refractivity contribution in [1.29, 1.82) is 0 Å². The van der Waals surface area contributed by atoms with Crippen LogP contribution in [0.25, 0.3) is 0 Å². The molecule has 4 rings (SSSR count). The molecule has 4 nitrogen and oxygen atoms in total. The minimum Gasteiger partial charge on any atom is -0.352 e. The number of nitrogens with zero attached hydrogens (tertiary/aromatic N) is 1. The molecule has 1 aliphatic carbocycles. The summed E-state index contributed by atoms with van der Waals surface area (Å²) >= 11 is 13.9. The molecule has 0 bridgehead atoms. The van der Waals surface area contributed by atoms with E-state index in [0.717, 1.165) is 47.9 Å². The van der Waals surface area contributed by atoms with E-state index in [9.17, 15) is 9.59 Å². The Hall–Kier alpha value is -2.47. The summed E-state index contributed by atoms with van der Waals surface area (Å²) in [5.41, 5.74) is 4.12. The molecule has 0 aromatic heterocycles. The molecule has 0 spiro atoms. The van der Waals surface area contributed by atoms with Gasteiger partial charge in [0.25, 0.3) is 0 Å². The van der Waals surface area contributed by atoms with Gasteiger partial charge in [-0.15, -0.1) is 11.8 Å². The van der Waals surface area contributed by atoms with E-state index >= 15 is 0 Å². The van der Waals surface area contributed by atoms with Crippen LogP contribution >= 0.6 is 35.0 Å². The Balaban J connectivity index is 1.56. The average molecular weight is 584 g/mol. The summed E-state index contributed by atoms with van der Waals surface area (Å²) in [6.45, 7) is 2.41. The summed E-state index contributed by atoms with van der Waals surface area (Å²) in [6.07, 6.45) is 5.92. The lowest BCUT2D eigenvalue weighted by atomic mass is 9.94. The molecule has 1 N–H and O–H groups in total. The number of carbonyl (C=O) groups is 2. The van der Waals surface area contributed by atoms with Crippen molar-refractivity contribution in [3.8, 4) is 0 Å². The number of amides is 2.